The fourth-order valence-electron chi connectivity index (χ4n) is 2.59. The van der Waals surface area contributed by atoms with Gasteiger partial charge in [0.05, 0.1) is 0 Å². The smallest absolute Gasteiger partial charge is 0.225 e. The minimum atomic E-state index is 0.484. The number of piperidine rings is 1. The molecule has 0 atom stereocenters. The van der Waals surface area contributed by atoms with Gasteiger partial charge in [-0.25, -0.2) is 9.97 Å². The molecule has 0 unspecified atom stereocenters. The van der Waals surface area contributed by atoms with Gasteiger partial charge < -0.3 is 9.80 Å². The highest BCUT2D eigenvalue weighted by atomic mass is 32.1. The third kappa shape index (κ3) is 3.12. The van der Waals surface area contributed by atoms with Crippen molar-refractivity contribution in [1.29, 1.82) is 0 Å². The Kier molecular flexibility index (Phi) is 4.01. The highest BCUT2D eigenvalue weighted by molar-refractivity contribution is 7.15. The molecule has 112 valence electrons. The van der Waals surface area contributed by atoms with Crippen molar-refractivity contribution in [2.75, 3.05) is 29.9 Å². The Morgan fingerprint density at radius 1 is 1.14 bits per heavy atom. The lowest BCUT2D eigenvalue weighted by Crippen LogP contribution is -2.44. The molecule has 21 heavy (non-hydrogen) atoms. The second-order valence-corrected chi connectivity index (χ2v) is 6.65. The quantitative estimate of drug-likeness (QED) is 0.865. The molecular weight excluding hydrogens is 284 g/mol. The fraction of sp³-hybridized carbons (Fsp3) is 0.571. The first-order valence-electron chi connectivity index (χ1n) is 7.20. The summed E-state index contributed by atoms with van der Waals surface area (Å²) >= 11 is 1.67. The Morgan fingerprint density at radius 3 is 2.38 bits per heavy atom. The molecule has 0 aliphatic carbocycles. The Morgan fingerprint density at radius 2 is 1.81 bits per heavy atom. The third-order valence-corrected chi connectivity index (χ3v) is 4.78. The topological polar surface area (TPSA) is 58.0 Å². The molecule has 0 radical (unpaired) electrons. The zero-order chi connectivity index (χ0) is 14.8. The van der Waals surface area contributed by atoms with Gasteiger partial charge in [0.2, 0.25) is 11.1 Å². The Labute approximate surface area is 128 Å². The normalized spacial score (nSPS) is 16.2. The molecule has 0 spiro atoms. The molecule has 0 bridgehead atoms. The summed E-state index contributed by atoms with van der Waals surface area (Å²) in [6.07, 6.45) is 5.93. The van der Waals surface area contributed by atoms with Crippen molar-refractivity contribution < 1.29 is 0 Å². The summed E-state index contributed by atoms with van der Waals surface area (Å²) in [5.41, 5.74) is 1.09. The molecule has 3 rings (SSSR count). The van der Waals surface area contributed by atoms with Gasteiger partial charge in [0.15, 0.2) is 0 Å². The first kappa shape index (κ1) is 14.2. The van der Waals surface area contributed by atoms with Gasteiger partial charge in [-0.1, -0.05) is 11.3 Å². The van der Waals surface area contributed by atoms with Crippen LogP contribution in [0.1, 0.15) is 23.4 Å². The largest absolute Gasteiger partial charge is 0.347 e. The lowest BCUT2D eigenvalue weighted by Gasteiger charge is -2.36. The van der Waals surface area contributed by atoms with Gasteiger partial charge in [0.1, 0.15) is 5.01 Å². The molecule has 2 aromatic heterocycles. The molecule has 7 heteroatoms. The number of aromatic nitrogens is 4. The first-order chi connectivity index (χ1) is 10.1. The van der Waals surface area contributed by atoms with Crippen molar-refractivity contribution >= 4 is 22.4 Å². The van der Waals surface area contributed by atoms with E-state index in [-0.39, 0.29) is 0 Å². The van der Waals surface area contributed by atoms with Crippen LogP contribution >= 0.6 is 11.3 Å². The monoisotopic (exact) mass is 304 g/mol. The number of nitrogens with zero attached hydrogens (tertiary/aromatic N) is 6. The highest BCUT2D eigenvalue weighted by Gasteiger charge is 2.25. The maximum absolute atomic E-state index is 4.41. The molecule has 3 heterocycles. The van der Waals surface area contributed by atoms with E-state index in [1.165, 1.54) is 0 Å². The second kappa shape index (κ2) is 5.93. The van der Waals surface area contributed by atoms with Crippen LogP contribution in [-0.2, 0) is 0 Å². The predicted octanol–water partition coefficient (Wildman–Crippen LogP) is 2.05. The SMILES string of the molecule is Cc1cnc(N(C)C2CCN(c3nnc(C)s3)CC2)nc1. The molecule has 0 saturated carbocycles. The van der Waals surface area contributed by atoms with E-state index in [0.29, 0.717) is 6.04 Å². The minimum Gasteiger partial charge on any atom is -0.347 e. The molecule has 2 aromatic rings. The fourth-order valence-corrected chi connectivity index (χ4v) is 3.33. The van der Waals surface area contributed by atoms with E-state index >= 15 is 0 Å². The highest BCUT2D eigenvalue weighted by Crippen LogP contribution is 2.25. The van der Waals surface area contributed by atoms with Gasteiger partial charge in [-0.3, -0.25) is 0 Å². The number of rotatable bonds is 3. The van der Waals surface area contributed by atoms with E-state index in [1.807, 2.05) is 26.2 Å². The van der Waals surface area contributed by atoms with E-state index in [9.17, 15) is 0 Å². The van der Waals surface area contributed by atoms with Crippen molar-refractivity contribution in [3.05, 3.63) is 23.0 Å². The first-order valence-corrected chi connectivity index (χ1v) is 8.01. The molecule has 6 nitrogen and oxygen atoms in total. The molecule has 0 aromatic carbocycles. The number of aryl methyl sites for hydroxylation is 2. The lowest BCUT2D eigenvalue weighted by molar-refractivity contribution is 0.476. The third-order valence-electron chi connectivity index (χ3n) is 3.88. The summed E-state index contributed by atoms with van der Waals surface area (Å²) in [6, 6.07) is 0.484. The van der Waals surface area contributed by atoms with Crippen molar-refractivity contribution in [3.63, 3.8) is 0 Å². The van der Waals surface area contributed by atoms with Crippen LogP contribution in [0.2, 0.25) is 0 Å². The lowest BCUT2D eigenvalue weighted by atomic mass is 10.0. The maximum Gasteiger partial charge on any atom is 0.225 e. The van der Waals surface area contributed by atoms with Crippen molar-refractivity contribution in [2.24, 2.45) is 0 Å². The van der Waals surface area contributed by atoms with Gasteiger partial charge >= 0.3 is 0 Å². The van der Waals surface area contributed by atoms with Gasteiger partial charge in [-0.15, -0.1) is 10.2 Å². The van der Waals surface area contributed by atoms with Crippen LogP contribution in [0.15, 0.2) is 12.4 Å². The van der Waals surface area contributed by atoms with E-state index in [0.717, 1.165) is 47.6 Å². The average molecular weight is 304 g/mol. The summed E-state index contributed by atoms with van der Waals surface area (Å²) in [6.45, 7) is 6.02. The van der Waals surface area contributed by atoms with Crippen molar-refractivity contribution in [2.45, 2.75) is 32.7 Å². The maximum atomic E-state index is 4.41. The Hall–Kier alpha value is -1.76. The standard InChI is InChI=1S/C14H20N6S/c1-10-8-15-13(16-9-10)19(3)12-4-6-20(7-5-12)14-18-17-11(2)21-14/h8-9,12H,4-7H2,1-3H3. The van der Waals surface area contributed by atoms with Gasteiger partial charge in [-0.2, -0.15) is 0 Å². The Bertz CT molecular complexity index is 588. The molecule has 1 aliphatic heterocycles. The summed E-state index contributed by atoms with van der Waals surface area (Å²) in [5, 5.41) is 10.4. The van der Waals surface area contributed by atoms with Gasteiger partial charge in [0.25, 0.3) is 0 Å². The van der Waals surface area contributed by atoms with Crippen LogP contribution in [0.4, 0.5) is 11.1 Å². The zero-order valence-electron chi connectivity index (χ0n) is 12.7. The molecule has 1 saturated heterocycles. The molecule has 1 aliphatic rings. The zero-order valence-corrected chi connectivity index (χ0v) is 13.5. The molecule has 0 amide bonds. The summed E-state index contributed by atoms with van der Waals surface area (Å²) in [4.78, 5) is 13.4. The second-order valence-electron chi connectivity index (χ2n) is 5.49. The number of hydrogen-bond acceptors (Lipinski definition) is 7. The predicted molar refractivity (Wildman–Crippen MR) is 85.1 cm³/mol. The van der Waals surface area contributed by atoms with Crippen LogP contribution < -0.4 is 9.80 Å². The van der Waals surface area contributed by atoms with Crippen LogP contribution in [0.25, 0.3) is 0 Å². The van der Waals surface area contributed by atoms with E-state index in [1.54, 1.807) is 11.3 Å². The summed E-state index contributed by atoms with van der Waals surface area (Å²) < 4.78 is 0. The Balaban J connectivity index is 1.61. The van der Waals surface area contributed by atoms with Crippen molar-refractivity contribution in [3.8, 4) is 0 Å². The van der Waals surface area contributed by atoms with Crippen LogP contribution in [-0.4, -0.2) is 46.3 Å². The van der Waals surface area contributed by atoms with Crippen molar-refractivity contribution in [1.82, 2.24) is 20.2 Å². The number of hydrogen-bond donors (Lipinski definition) is 0. The van der Waals surface area contributed by atoms with Crippen LogP contribution in [0.5, 0.6) is 0 Å². The van der Waals surface area contributed by atoms with Crippen LogP contribution in [0.3, 0.4) is 0 Å². The average Bonchev–Trinajstić information content (AvgIpc) is 2.94. The van der Waals surface area contributed by atoms with Gasteiger partial charge in [0, 0.05) is 38.6 Å². The summed E-state index contributed by atoms with van der Waals surface area (Å²) in [7, 11) is 2.08. The molecular formula is C14H20N6S. The van der Waals surface area contributed by atoms with E-state index < -0.39 is 0 Å². The molecule has 1 fully saturated rings. The van der Waals surface area contributed by atoms with E-state index in [4.69, 9.17) is 0 Å². The number of anilines is 2. The van der Waals surface area contributed by atoms with E-state index in [2.05, 4.69) is 37.0 Å². The molecule has 0 N–H and O–H groups in total. The van der Waals surface area contributed by atoms with Gasteiger partial charge in [-0.05, 0) is 32.3 Å². The summed E-state index contributed by atoms with van der Waals surface area (Å²) in [5.74, 6) is 0.811. The minimum absolute atomic E-state index is 0.484. The van der Waals surface area contributed by atoms with Crippen LogP contribution in [0, 0.1) is 13.8 Å².